The number of nitrogens with zero attached hydrogens (tertiary/aromatic N) is 2. The van der Waals surface area contributed by atoms with Gasteiger partial charge in [0.2, 0.25) is 0 Å². The highest BCUT2D eigenvalue weighted by Crippen LogP contribution is 2.31. The number of hydrogen-bond donors (Lipinski definition) is 1. The van der Waals surface area contributed by atoms with Crippen LogP contribution in [0.15, 0.2) is 18.5 Å². The van der Waals surface area contributed by atoms with Gasteiger partial charge in [0.05, 0.1) is 6.20 Å². The van der Waals surface area contributed by atoms with Crippen molar-refractivity contribution in [2.75, 3.05) is 13.1 Å². The van der Waals surface area contributed by atoms with Crippen molar-refractivity contribution in [1.29, 1.82) is 0 Å². The zero-order chi connectivity index (χ0) is 15.7. The van der Waals surface area contributed by atoms with Crippen LogP contribution in [0.25, 0.3) is 0 Å². The number of aromatic nitrogens is 1. The number of piperazine rings is 1. The average Bonchev–Trinajstić information content (AvgIpc) is 2.37. The smallest absolute Gasteiger partial charge is 0.141 e. The maximum atomic E-state index is 13.4. The van der Waals surface area contributed by atoms with Gasteiger partial charge in [-0.05, 0) is 30.4 Å². The summed E-state index contributed by atoms with van der Waals surface area (Å²) in [7, 11) is 0. The van der Waals surface area contributed by atoms with Crippen LogP contribution in [0.3, 0.4) is 0 Å². The monoisotopic (exact) mass is 293 g/mol. The van der Waals surface area contributed by atoms with Crippen molar-refractivity contribution in [3.63, 3.8) is 0 Å². The second kappa shape index (κ2) is 6.01. The lowest BCUT2D eigenvalue weighted by Crippen LogP contribution is -2.65. The van der Waals surface area contributed by atoms with Crippen LogP contribution in [0.4, 0.5) is 4.39 Å². The summed E-state index contributed by atoms with van der Waals surface area (Å²) in [6.45, 7) is 14.0. The third-order valence-electron chi connectivity index (χ3n) is 4.64. The summed E-state index contributed by atoms with van der Waals surface area (Å²) in [5.74, 6) is -0.256. The van der Waals surface area contributed by atoms with Crippen LogP contribution >= 0.6 is 0 Å². The van der Waals surface area contributed by atoms with E-state index in [1.807, 2.05) is 0 Å². The molecule has 1 aliphatic rings. The Morgan fingerprint density at radius 2 is 2.14 bits per heavy atom. The molecule has 0 radical (unpaired) electrons. The highest BCUT2D eigenvalue weighted by atomic mass is 19.1. The topological polar surface area (TPSA) is 28.2 Å². The van der Waals surface area contributed by atoms with Gasteiger partial charge >= 0.3 is 0 Å². The molecular formula is C17H28FN3. The minimum Gasteiger partial charge on any atom is -0.309 e. The van der Waals surface area contributed by atoms with E-state index < -0.39 is 0 Å². The molecule has 3 nitrogen and oxygen atoms in total. The van der Waals surface area contributed by atoms with Crippen molar-refractivity contribution in [2.45, 2.75) is 59.2 Å². The highest BCUT2D eigenvalue weighted by Gasteiger charge is 2.39. The van der Waals surface area contributed by atoms with E-state index in [1.165, 1.54) is 6.20 Å². The summed E-state index contributed by atoms with van der Waals surface area (Å²) in [5.41, 5.74) is 1.26. The molecule has 2 heterocycles. The zero-order valence-corrected chi connectivity index (χ0v) is 13.9. The van der Waals surface area contributed by atoms with E-state index in [2.05, 4.69) is 49.8 Å². The molecule has 118 valence electrons. The fourth-order valence-corrected chi connectivity index (χ4v) is 3.12. The third kappa shape index (κ3) is 4.01. The Hall–Kier alpha value is -1.00. The Labute approximate surface area is 127 Å². The van der Waals surface area contributed by atoms with Gasteiger partial charge in [0.1, 0.15) is 5.82 Å². The Balaban J connectivity index is 2.21. The Morgan fingerprint density at radius 1 is 1.43 bits per heavy atom. The third-order valence-corrected chi connectivity index (χ3v) is 4.64. The maximum Gasteiger partial charge on any atom is 0.141 e. The predicted molar refractivity (Wildman–Crippen MR) is 84.5 cm³/mol. The van der Waals surface area contributed by atoms with Gasteiger partial charge in [0.25, 0.3) is 0 Å². The molecule has 2 rings (SSSR count). The van der Waals surface area contributed by atoms with E-state index in [4.69, 9.17) is 0 Å². The van der Waals surface area contributed by atoms with Crippen molar-refractivity contribution < 1.29 is 4.39 Å². The van der Waals surface area contributed by atoms with E-state index in [-0.39, 0.29) is 16.8 Å². The van der Waals surface area contributed by atoms with E-state index in [9.17, 15) is 4.39 Å². The van der Waals surface area contributed by atoms with Gasteiger partial charge in [-0.15, -0.1) is 0 Å². The van der Waals surface area contributed by atoms with Gasteiger partial charge in [0, 0.05) is 37.4 Å². The first-order valence-electron chi connectivity index (χ1n) is 7.82. The van der Waals surface area contributed by atoms with Gasteiger partial charge < -0.3 is 5.32 Å². The van der Waals surface area contributed by atoms with Crippen LogP contribution in [0.1, 0.15) is 46.6 Å². The normalized spacial score (nSPS) is 27.8. The van der Waals surface area contributed by atoms with E-state index >= 15 is 0 Å². The fourth-order valence-electron chi connectivity index (χ4n) is 3.12. The number of rotatable bonds is 3. The quantitative estimate of drug-likeness (QED) is 0.927. The van der Waals surface area contributed by atoms with Crippen LogP contribution < -0.4 is 5.32 Å². The summed E-state index contributed by atoms with van der Waals surface area (Å²) in [6.07, 6.45) is 4.12. The molecule has 1 fully saturated rings. The molecule has 2 unspecified atom stereocenters. The van der Waals surface area contributed by atoms with Crippen LogP contribution in [-0.2, 0) is 6.54 Å². The van der Waals surface area contributed by atoms with Gasteiger partial charge in [-0.1, -0.05) is 27.7 Å². The second-order valence-corrected chi connectivity index (χ2v) is 7.59. The molecule has 1 aromatic rings. The van der Waals surface area contributed by atoms with Gasteiger partial charge in [-0.25, -0.2) is 4.39 Å². The molecule has 0 saturated carbocycles. The Bertz CT molecular complexity index is 483. The molecule has 0 bridgehead atoms. The number of hydrogen-bond acceptors (Lipinski definition) is 3. The minimum atomic E-state index is -0.256. The highest BCUT2D eigenvalue weighted by molar-refractivity contribution is 5.11. The van der Waals surface area contributed by atoms with Crippen molar-refractivity contribution in [3.05, 3.63) is 29.8 Å². The van der Waals surface area contributed by atoms with E-state index in [0.29, 0.717) is 6.04 Å². The maximum absolute atomic E-state index is 13.4. The largest absolute Gasteiger partial charge is 0.309 e. The molecule has 0 aliphatic carbocycles. The van der Waals surface area contributed by atoms with Crippen molar-refractivity contribution in [2.24, 2.45) is 5.41 Å². The minimum absolute atomic E-state index is 0.127. The number of nitrogens with one attached hydrogen (secondary N) is 1. The molecule has 1 saturated heterocycles. The molecule has 1 N–H and O–H groups in total. The number of pyridine rings is 1. The SMILES string of the molecule is CCC1(C)CN(Cc2cncc(F)c2)C(C(C)(C)C)CN1. The first-order chi connectivity index (χ1) is 9.73. The van der Waals surface area contributed by atoms with E-state index in [0.717, 1.165) is 31.6 Å². The molecule has 0 amide bonds. The standard InChI is InChI=1S/C17H28FN3/c1-6-17(5)12-21(15(10-20-17)16(2,3)4)11-13-7-14(18)9-19-8-13/h7-9,15,20H,6,10-12H2,1-5H3. The van der Waals surface area contributed by atoms with Gasteiger partial charge in [-0.2, -0.15) is 0 Å². The lowest BCUT2D eigenvalue weighted by Gasteiger charge is -2.50. The molecule has 4 heteroatoms. The van der Waals surface area contributed by atoms with Gasteiger partial charge in [0.15, 0.2) is 0 Å². The van der Waals surface area contributed by atoms with Crippen LogP contribution in [0, 0.1) is 11.2 Å². The van der Waals surface area contributed by atoms with Crippen molar-refractivity contribution in [1.82, 2.24) is 15.2 Å². The predicted octanol–water partition coefficient (Wildman–Crippen LogP) is 3.21. The lowest BCUT2D eigenvalue weighted by molar-refractivity contribution is 0.0203. The number of halogens is 1. The molecule has 1 aliphatic heterocycles. The summed E-state index contributed by atoms with van der Waals surface area (Å²) in [6, 6.07) is 2.03. The molecule has 0 spiro atoms. The Kier molecular flexibility index (Phi) is 4.69. The van der Waals surface area contributed by atoms with E-state index in [1.54, 1.807) is 12.3 Å². The summed E-state index contributed by atoms with van der Waals surface area (Å²) < 4.78 is 13.4. The van der Waals surface area contributed by atoms with Crippen LogP contribution in [-0.4, -0.2) is 34.6 Å². The molecular weight excluding hydrogens is 265 g/mol. The lowest BCUT2D eigenvalue weighted by atomic mass is 9.81. The van der Waals surface area contributed by atoms with Gasteiger partial charge in [-0.3, -0.25) is 9.88 Å². The summed E-state index contributed by atoms with van der Waals surface area (Å²) in [5, 5.41) is 3.70. The zero-order valence-electron chi connectivity index (χ0n) is 13.9. The van der Waals surface area contributed by atoms with Crippen molar-refractivity contribution in [3.8, 4) is 0 Å². The first kappa shape index (κ1) is 16.4. The second-order valence-electron chi connectivity index (χ2n) is 7.59. The average molecular weight is 293 g/mol. The van der Waals surface area contributed by atoms with Crippen molar-refractivity contribution >= 4 is 0 Å². The molecule has 21 heavy (non-hydrogen) atoms. The van der Waals surface area contributed by atoms with Crippen LogP contribution in [0.2, 0.25) is 0 Å². The summed E-state index contributed by atoms with van der Waals surface area (Å²) >= 11 is 0. The Morgan fingerprint density at radius 3 is 2.71 bits per heavy atom. The fraction of sp³-hybridized carbons (Fsp3) is 0.706. The molecule has 2 atom stereocenters. The van der Waals surface area contributed by atoms with Crippen LogP contribution in [0.5, 0.6) is 0 Å². The molecule has 0 aromatic carbocycles. The first-order valence-corrected chi connectivity index (χ1v) is 7.82. The molecule has 1 aromatic heterocycles. The summed E-state index contributed by atoms with van der Waals surface area (Å²) in [4.78, 5) is 6.46.